The van der Waals surface area contributed by atoms with E-state index in [-0.39, 0.29) is 48.3 Å². The average molecular weight is 463 g/mol. The van der Waals surface area contributed by atoms with Crippen LogP contribution in [0, 0.1) is 6.92 Å². The number of hydrogen-bond acceptors (Lipinski definition) is 6. The van der Waals surface area contributed by atoms with Crippen molar-refractivity contribution in [1.82, 2.24) is 4.90 Å². The number of ketones is 1. The number of aryl methyl sites for hydroxylation is 1. The summed E-state index contributed by atoms with van der Waals surface area (Å²) in [4.78, 5) is 54.0. The zero-order valence-corrected chi connectivity index (χ0v) is 19.8. The van der Waals surface area contributed by atoms with Gasteiger partial charge in [0.1, 0.15) is 0 Å². The highest BCUT2D eigenvalue weighted by Crippen LogP contribution is 2.32. The van der Waals surface area contributed by atoms with E-state index < -0.39 is 12.0 Å². The van der Waals surface area contributed by atoms with E-state index in [2.05, 4.69) is 18.7 Å². The largest absolute Gasteiger partial charge is 0.454 e. The third kappa shape index (κ3) is 4.80. The number of Topliss-reactive ketones (excluding diaryl/α,β-unsaturated/α-hetero) is 1. The van der Waals surface area contributed by atoms with E-state index in [0.717, 1.165) is 24.8 Å². The second-order valence-corrected chi connectivity index (χ2v) is 9.28. The summed E-state index contributed by atoms with van der Waals surface area (Å²) in [5, 5.41) is 0. The standard InChI is InChI=1S/C27H30N2O5/c1-17-7-9-20(10-8-17)24(30)16-34-27(33)21-11-13-22(14-12-21)29-25(31)15-23(26(29)32)28-18(2)5-4-6-19(28)3/h7-14,18-19,23H,4-6,15-16H2,1-3H3/t18-,19+,23?. The SMILES string of the molecule is Cc1ccc(C(=O)COC(=O)c2ccc(N3C(=O)CC(N4[C@H](C)CCC[C@@H]4C)C3=O)cc2)cc1. The molecular formula is C27H30N2O5. The van der Waals surface area contributed by atoms with Crippen LogP contribution < -0.4 is 4.90 Å². The summed E-state index contributed by atoms with van der Waals surface area (Å²) in [5.41, 5.74) is 2.19. The van der Waals surface area contributed by atoms with Gasteiger partial charge in [0.2, 0.25) is 5.91 Å². The molecule has 2 aromatic carbocycles. The van der Waals surface area contributed by atoms with Crippen molar-refractivity contribution in [3.63, 3.8) is 0 Å². The predicted octanol–water partition coefficient (Wildman–Crippen LogP) is 3.93. The van der Waals surface area contributed by atoms with Gasteiger partial charge in [0.15, 0.2) is 12.4 Å². The second kappa shape index (κ2) is 9.89. The average Bonchev–Trinajstić information content (AvgIpc) is 3.11. The summed E-state index contributed by atoms with van der Waals surface area (Å²) in [5.74, 6) is -1.38. The summed E-state index contributed by atoms with van der Waals surface area (Å²) in [6.07, 6.45) is 3.33. The molecule has 1 unspecified atom stereocenters. The molecule has 2 aliphatic heterocycles. The van der Waals surface area contributed by atoms with Crippen molar-refractivity contribution >= 4 is 29.3 Å². The van der Waals surface area contributed by atoms with Crippen LogP contribution in [0.2, 0.25) is 0 Å². The van der Waals surface area contributed by atoms with Crippen molar-refractivity contribution in [2.75, 3.05) is 11.5 Å². The van der Waals surface area contributed by atoms with Crippen LogP contribution in [0.25, 0.3) is 0 Å². The number of carbonyl (C=O) groups is 4. The molecule has 0 aromatic heterocycles. The molecule has 0 aliphatic carbocycles. The molecule has 4 rings (SSSR count). The molecule has 2 amide bonds. The van der Waals surface area contributed by atoms with Gasteiger partial charge in [-0.1, -0.05) is 36.2 Å². The molecule has 2 heterocycles. The Morgan fingerprint density at radius 1 is 0.912 bits per heavy atom. The maximum Gasteiger partial charge on any atom is 0.338 e. The van der Waals surface area contributed by atoms with Crippen LogP contribution >= 0.6 is 0 Å². The van der Waals surface area contributed by atoms with Gasteiger partial charge in [-0.15, -0.1) is 0 Å². The lowest BCUT2D eigenvalue weighted by molar-refractivity contribution is -0.124. The minimum absolute atomic E-state index is 0.165. The van der Waals surface area contributed by atoms with Crippen LogP contribution in [0.4, 0.5) is 5.69 Å². The van der Waals surface area contributed by atoms with Gasteiger partial charge in [0, 0.05) is 17.6 Å². The highest BCUT2D eigenvalue weighted by atomic mass is 16.5. The van der Waals surface area contributed by atoms with Crippen LogP contribution in [-0.4, -0.2) is 53.2 Å². The van der Waals surface area contributed by atoms with Crippen molar-refractivity contribution in [1.29, 1.82) is 0 Å². The first-order valence-electron chi connectivity index (χ1n) is 11.8. The normalized spacial score (nSPS) is 23.3. The lowest BCUT2D eigenvalue weighted by atomic mass is 9.94. The van der Waals surface area contributed by atoms with Gasteiger partial charge in [0.25, 0.3) is 5.91 Å². The zero-order valence-electron chi connectivity index (χ0n) is 19.8. The number of imide groups is 1. The number of ether oxygens (including phenoxy) is 1. The van der Waals surface area contributed by atoms with Gasteiger partial charge in [-0.3, -0.25) is 19.3 Å². The number of anilines is 1. The van der Waals surface area contributed by atoms with E-state index in [1.54, 1.807) is 24.3 Å². The molecule has 34 heavy (non-hydrogen) atoms. The number of piperidine rings is 1. The van der Waals surface area contributed by atoms with Gasteiger partial charge < -0.3 is 4.74 Å². The molecule has 2 aromatic rings. The van der Waals surface area contributed by atoms with E-state index >= 15 is 0 Å². The zero-order chi connectivity index (χ0) is 24.4. The molecule has 3 atom stereocenters. The molecule has 2 saturated heterocycles. The first kappa shape index (κ1) is 23.8. The molecule has 2 fully saturated rings. The summed E-state index contributed by atoms with van der Waals surface area (Å²) in [7, 11) is 0. The number of amides is 2. The topological polar surface area (TPSA) is 84.0 Å². The molecular weight excluding hydrogens is 432 g/mol. The van der Waals surface area contributed by atoms with Crippen LogP contribution in [0.1, 0.15) is 65.8 Å². The first-order chi connectivity index (χ1) is 16.3. The van der Waals surface area contributed by atoms with Crippen molar-refractivity contribution in [2.45, 2.75) is 64.6 Å². The Morgan fingerprint density at radius 2 is 1.50 bits per heavy atom. The number of nitrogens with zero attached hydrogens (tertiary/aromatic N) is 2. The second-order valence-electron chi connectivity index (χ2n) is 9.28. The number of benzene rings is 2. The lowest BCUT2D eigenvalue weighted by Crippen LogP contribution is -2.52. The van der Waals surface area contributed by atoms with Crippen molar-refractivity contribution in [3.05, 3.63) is 65.2 Å². The van der Waals surface area contributed by atoms with E-state index in [0.29, 0.717) is 11.3 Å². The van der Waals surface area contributed by atoms with E-state index in [1.165, 1.54) is 17.0 Å². The van der Waals surface area contributed by atoms with Crippen LogP contribution in [0.3, 0.4) is 0 Å². The fraction of sp³-hybridized carbons (Fsp3) is 0.407. The molecule has 0 bridgehead atoms. The third-order valence-corrected chi connectivity index (χ3v) is 6.81. The molecule has 0 saturated carbocycles. The summed E-state index contributed by atoms with van der Waals surface area (Å²) >= 11 is 0. The van der Waals surface area contributed by atoms with Gasteiger partial charge in [0.05, 0.1) is 23.7 Å². The van der Waals surface area contributed by atoms with E-state index in [4.69, 9.17) is 4.74 Å². The molecule has 178 valence electrons. The maximum absolute atomic E-state index is 13.2. The van der Waals surface area contributed by atoms with E-state index in [9.17, 15) is 19.2 Å². The quantitative estimate of drug-likeness (QED) is 0.367. The predicted molar refractivity (Wildman–Crippen MR) is 128 cm³/mol. The third-order valence-electron chi connectivity index (χ3n) is 6.81. The van der Waals surface area contributed by atoms with Gasteiger partial charge >= 0.3 is 5.97 Å². The Kier molecular flexibility index (Phi) is 6.93. The Hall–Kier alpha value is -3.32. The summed E-state index contributed by atoms with van der Waals surface area (Å²) in [6, 6.07) is 13.3. The Bertz CT molecular complexity index is 1080. The van der Waals surface area contributed by atoms with Gasteiger partial charge in [-0.25, -0.2) is 9.69 Å². The minimum Gasteiger partial charge on any atom is -0.454 e. The van der Waals surface area contributed by atoms with Crippen molar-refractivity contribution in [2.24, 2.45) is 0 Å². The smallest absolute Gasteiger partial charge is 0.338 e. The minimum atomic E-state index is -0.639. The Morgan fingerprint density at radius 3 is 2.12 bits per heavy atom. The molecule has 0 N–H and O–H groups in total. The van der Waals surface area contributed by atoms with Crippen molar-refractivity contribution in [3.8, 4) is 0 Å². The fourth-order valence-corrected chi connectivity index (χ4v) is 4.96. The summed E-state index contributed by atoms with van der Waals surface area (Å²) < 4.78 is 5.16. The van der Waals surface area contributed by atoms with Crippen LogP contribution in [0.5, 0.6) is 0 Å². The fourth-order valence-electron chi connectivity index (χ4n) is 4.96. The van der Waals surface area contributed by atoms with Crippen LogP contribution in [0.15, 0.2) is 48.5 Å². The molecule has 0 radical (unpaired) electrons. The van der Waals surface area contributed by atoms with Crippen molar-refractivity contribution < 1.29 is 23.9 Å². The number of likely N-dealkylation sites (tertiary alicyclic amines) is 1. The Labute approximate surface area is 199 Å². The molecule has 7 nitrogen and oxygen atoms in total. The first-order valence-corrected chi connectivity index (χ1v) is 11.8. The van der Waals surface area contributed by atoms with Gasteiger partial charge in [-0.2, -0.15) is 0 Å². The number of hydrogen-bond donors (Lipinski definition) is 0. The highest BCUT2D eigenvalue weighted by Gasteiger charge is 2.46. The number of esters is 1. The number of rotatable bonds is 6. The lowest BCUT2D eigenvalue weighted by Gasteiger charge is -2.41. The monoisotopic (exact) mass is 462 g/mol. The molecule has 0 spiro atoms. The maximum atomic E-state index is 13.2. The Balaban J connectivity index is 1.40. The molecule has 7 heteroatoms. The number of carbonyl (C=O) groups excluding carboxylic acids is 4. The molecule has 2 aliphatic rings. The highest BCUT2D eigenvalue weighted by molar-refractivity contribution is 6.22. The summed E-state index contributed by atoms with van der Waals surface area (Å²) in [6.45, 7) is 5.79. The van der Waals surface area contributed by atoms with Crippen LogP contribution in [-0.2, 0) is 14.3 Å². The van der Waals surface area contributed by atoms with Gasteiger partial charge in [-0.05, 0) is 57.9 Å². The van der Waals surface area contributed by atoms with E-state index in [1.807, 2.05) is 19.1 Å².